The van der Waals surface area contributed by atoms with Crippen LogP contribution in [-0.4, -0.2) is 43.3 Å². The Morgan fingerprint density at radius 2 is 2.33 bits per heavy atom. The van der Waals surface area contributed by atoms with E-state index in [1.165, 1.54) is 4.90 Å². The molecule has 1 amide bonds. The average molecular weight is 247 g/mol. The Balaban J connectivity index is 2.49. The Bertz CT molecular complexity index is 344. The van der Waals surface area contributed by atoms with Crippen molar-refractivity contribution in [3.05, 3.63) is 0 Å². The smallest absolute Gasteiger partial charge is 0.331 e. The van der Waals surface area contributed by atoms with Crippen LogP contribution in [0.3, 0.4) is 0 Å². The number of β-lactam (4-membered cyclic amide) rings is 1. The number of hydrogen-bond donors (Lipinski definition) is 2. The summed E-state index contributed by atoms with van der Waals surface area (Å²) >= 11 is 5.70. The normalized spacial score (nSPS) is 37.4. The second kappa shape index (κ2) is 3.07. The molecule has 4 nitrogen and oxygen atoms in total. The van der Waals surface area contributed by atoms with Crippen molar-refractivity contribution in [2.24, 2.45) is 0 Å². The van der Waals surface area contributed by atoms with Crippen LogP contribution in [0.2, 0.25) is 0 Å². The zero-order valence-electron chi connectivity index (χ0n) is 8.56. The highest BCUT2D eigenvalue weighted by molar-refractivity contribution is 8.01. The molecule has 15 heavy (non-hydrogen) atoms. The van der Waals surface area contributed by atoms with E-state index in [1.54, 1.807) is 11.8 Å². The lowest BCUT2D eigenvalue weighted by atomic mass is 9.83. The second-order valence-electron chi connectivity index (χ2n) is 4.37. The van der Waals surface area contributed by atoms with Crippen LogP contribution in [0.25, 0.3) is 0 Å². The first-order valence-electron chi connectivity index (χ1n) is 4.71. The largest absolute Gasteiger partial charge is 0.479 e. The fourth-order valence-corrected chi connectivity index (χ4v) is 4.91. The third-order valence-corrected chi connectivity index (χ3v) is 5.36. The van der Waals surface area contributed by atoms with Crippen LogP contribution in [0.5, 0.6) is 0 Å². The van der Waals surface area contributed by atoms with Gasteiger partial charge in [0.1, 0.15) is 0 Å². The zero-order valence-corrected chi connectivity index (χ0v) is 10.3. The predicted octanol–water partition coefficient (Wildman–Crippen LogP) is 0.823. The minimum atomic E-state index is -1.15. The van der Waals surface area contributed by atoms with Gasteiger partial charge in [-0.1, -0.05) is 0 Å². The van der Waals surface area contributed by atoms with Gasteiger partial charge in [0.15, 0.2) is 5.54 Å². The summed E-state index contributed by atoms with van der Waals surface area (Å²) in [4.78, 5) is 24.4. The van der Waals surface area contributed by atoms with Crippen molar-refractivity contribution >= 4 is 36.3 Å². The van der Waals surface area contributed by atoms with E-state index in [1.807, 2.05) is 13.8 Å². The molecule has 2 aliphatic heterocycles. The number of hydrogen-bond acceptors (Lipinski definition) is 4. The van der Waals surface area contributed by atoms with Crippen LogP contribution < -0.4 is 0 Å². The van der Waals surface area contributed by atoms with Crippen molar-refractivity contribution in [2.45, 2.75) is 35.9 Å². The number of thioether (sulfide) groups is 1. The van der Waals surface area contributed by atoms with Gasteiger partial charge in [0.25, 0.3) is 0 Å². The summed E-state index contributed by atoms with van der Waals surface area (Å²) in [6.45, 7) is 3.74. The minimum absolute atomic E-state index is 0.0238. The van der Waals surface area contributed by atoms with Crippen molar-refractivity contribution in [1.29, 1.82) is 0 Å². The van der Waals surface area contributed by atoms with Gasteiger partial charge in [0.2, 0.25) is 5.91 Å². The molecule has 2 saturated heterocycles. The van der Waals surface area contributed by atoms with Crippen LogP contribution in [0, 0.1) is 0 Å². The molecule has 84 valence electrons. The Labute approximate surface area is 97.8 Å². The van der Waals surface area contributed by atoms with Crippen LogP contribution in [0.15, 0.2) is 0 Å². The lowest BCUT2D eigenvalue weighted by molar-refractivity contribution is -0.166. The number of carbonyl (C=O) groups is 2. The van der Waals surface area contributed by atoms with E-state index >= 15 is 0 Å². The summed E-state index contributed by atoms with van der Waals surface area (Å²) in [7, 11) is 0. The van der Waals surface area contributed by atoms with Crippen LogP contribution in [0.4, 0.5) is 0 Å². The topological polar surface area (TPSA) is 57.6 Å². The molecule has 2 rings (SSSR count). The first kappa shape index (κ1) is 11.1. The molecule has 2 atom stereocenters. The SMILES string of the molecule is CC1(C)S[C@@H]2CC(=O)N2[C@@]1(CS)C(=O)O. The van der Waals surface area contributed by atoms with Crippen molar-refractivity contribution in [3.8, 4) is 0 Å². The molecule has 2 aliphatic rings. The minimum Gasteiger partial charge on any atom is -0.479 e. The number of thiol groups is 1. The third-order valence-electron chi connectivity index (χ3n) is 3.33. The Hall–Kier alpha value is -0.360. The molecule has 0 unspecified atom stereocenters. The maximum absolute atomic E-state index is 11.5. The number of aliphatic carboxylic acids is 1. The average Bonchev–Trinajstić information content (AvgIpc) is 2.29. The molecule has 0 aromatic carbocycles. The number of rotatable bonds is 2. The Kier molecular flexibility index (Phi) is 2.28. The first-order chi connectivity index (χ1) is 6.87. The van der Waals surface area contributed by atoms with Crippen LogP contribution in [-0.2, 0) is 9.59 Å². The highest BCUT2D eigenvalue weighted by Crippen LogP contribution is 2.56. The van der Waals surface area contributed by atoms with Gasteiger partial charge in [-0.3, -0.25) is 4.79 Å². The van der Waals surface area contributed by atoms with Crippen molar-refractivity contribution in [1.82, 2.24) is 4.90 Å². The highest BCUT2D eigenvalue weighted by atomic mass is 32.2. The summed E-state index contributed by atoms with van der Waals surface area (Å²) < 4.78 is -0.489. The summed E-state index contributed by atoms with van der Waals surface area (Å²) in [5.41, 5.74) is -1.15. The van der Waals surface area contributed by atoms with Gasteiger partial charge in [0.05, 0.1) is 11.8 Å². The molecule has 2 fully saturated rings. The zero-order chi connectivity index (χ0) is 11.4. The number of amides is 1. The van der Waals surface area contributed by atoms with E-state index in [9.17, 15) is 14.7 Å². The fourth-order valence-electron chi connectivity index (χ4n) is 2.36. The molecule has 0 aromatic rings. The van der Waals surface area contributed by atoms with Gasteiger partial charge < -0.3 is 10.0 Å². The number of fused-ring (bicyclic) bond motifs is 1. The summed E-state index contributed by atoms with van der Waals surface area (Å²) in [5.74, 6) is -0.870. The van der Waals surface area contributed by atoms with Crippen molar-refractivity contribution in [3.63, 3.8) is 0 Å². The highest BCUT2D eigenvalue weighted by Gasteiger charge is 2.68. The number of carboxylic acid groups (broad SMARTS) is 1. The number of carbonyl (C=O) groups excluding carboxylic acids is 1. The molecule has 6 heteroatoms. The van der Waals surface area contributed by atoms with Gasteiger partial charge >= 0.3 is 5.97 Å². The maximum atomic E-state index is 11.5. The molecule has 2 heterocycles. The van der Waals surface area contributed by atoms with Crippen LogP contribution in [0.1, 0.15) is 20.3 Å². The molecule has 0 aliphatic carbocycles. The lowest BCUT2D eigenvalue weighted by Crippen LogP contribution is -2.68. The molecular formula is C9H13NO3S2. The summed E-state index contributed by atoms with van der Waals surface area (Å²) in [5, 5.41) is 9.41. The molecule has 0 bridgehead atoms. The van der Waals surface area contributed by atoms with E-state index < -0.39 is 16.3 Å². The van der Waals surface area contributed by atoms with Gasteiger partial charge in [0, 0.05) is 10.5 Å². The predicted molar refractivity (Wildman–Crippen MR) is 61.1 cm³/mol. The standard InChI is InChI=1S/C9H13NO3S2/c1-8(2)9(4-14,7(12)13)10-5(11)3-6(10)15-8/h6,14H,3-4H2,1-2H3,(H,12,13)/t6-,9+/m1/s1. The van der Waals surface area contributed by atoms with Gasteiger partial charge in [-0.2, -0.15) is 12.6 Å². The van der Waals surface area contributed by atoms with E-state index in [4.69, 9.17) is 0 Å². The second-order valence-corrected chi connectivity index (χ2v) is 6.49. The van der Waals surface area contributed by atoms with E-state index in [0.717, 1.165) is 0 Å². The van der Waals surface area contributed by atoms with E-state index in [-0.39, 0.29) is 17.0 Å². The van der Waals surface area contributed by atoms with Gasteiger partial charge in [-0.25, -0.2) is 4.79 Å². The lowest BCUT2D eigenvalue weighted by Gasteiger charge is -2.45. The van der Waals surface area contributed by atoms with Crippen molar-refractivity contribution < 1.29 is 14.7 Å². The maximum Gasteiger partial charge on any atom is 0.331 e. The van der Waals surface area contributed by atoms with Gasteiger partial charge in [-0.15, -0.1) is 11.8 Å². The fraction of sp³-hybridized carbons (Fsp3) is 0.778. The Morgan fingerprint density at radius 3 is 2.67 bits per heavy atom. The number of nitrogens with zero attached hydrogens (tertiary/aromatic N) is 1. The number of carboxylic acids is 1. The summed E-state index contributed by atoms with van der Waals surface area (Å²) in [6.07, 6.45) is 0.455. The summed E-state index contributed by atoms with van der Waals surface area (Å²) in [6, 6.07) is 0. The van der Waals surface area contributed by atoms with E-state index in [0.29, 0.717) is 6.42 Å². The van der Waals surface area contributed by atoms with Gasteiger partial charge in [-0.05, 0) is 13.8 Å². The molecule has 0 spiro atoms. The molecule has 0 radical (unpaired) electrons. The molecule has 1 N–H and O–H groups in total. The van der Waals surface area contributed by atoms with E-state index in [2.05, 4.69) is 12.6 Å². The molecule has 0 aromatic heterocycles. The monoisotopic (exact) mass is 247 g/mol. The molecule has 0 saturated carbocycles. The third kappa shape index (κ3) is 1.12. The molecular weight excluding hydrogens is 234 g/mol. The van der Waals surface area contributed by atoms with Crippen molar-refractivity contribution in [2.75, 3.05) is 5.75 Å². The Morgan fingerprint density at radius 1 is 1.73 bits per heavy atom. The van der Waals surface area contributed by atoms with Crippen LogP contribution >= 0.6 is 24.4 Å². The quantitative estimate of drug-likeness (QED) is 0.560. The first-order valence-corrected chi connectivity index (χ1v) is 6.22.